The smallest absolute Gasteiger partial charge is 0.257 e. The molecule has 0 N–H and O–H groups in total. The van der Waals surface area contributed by atoms with Gasteiger partial charge < -0.3 is 4.90 Å². The van der Waals surface area contributed by atoms with Crippen LogP contribution in [0.1, 0.15) is 25.2 Å². The second-order valence-corrected chi connectivity index (χ2v) is 7.99. The summed E-state index contributed by atoms with van der Waals surface area (Å²) in [5, 5.41) is 7.63. The van der Waals surface area contributed by atoms with Gasteiger partial charge in [0.1, 0.15) is 11.6 Å². The van der Waals surface area contributed by atoms with Gasteiger partial charge in [0.05, 0.1) is 17.4 Å². The minimum Gasteiger partial charge on any atom is -0.320 e. The summed E-state index contributed by atoms with van der Waals surface area (Å²) in [5.41, 5.74) is 1.46. The van der Waals surface area contributed by atoms with Gasteiger partial charge in [0.2, 0.25) is 6.43 Å². The van der Waals surface area contributed by atoms with E-state index in [0.717, 1.165) is 11.6 Å². The summed E-state index contributed by atoms with van der Waals surface area (Å²) in [4.78, 5) is 5.43. The van der Waals surface area contributed by atoms with Crippen LogP contribution in [0.3, 0.4) is 0 Å². The van der Waals surface area contributed by atoms with Gasteiger partial charge in [-0.05, 0) is 43.7 Å². The number of benzene rings is 2. The van der Waals surface area contributed by atoms with Gasteiger partial charge in [-0.15, -0.1) is 10.2 Å². The van der Waals surface area contributed by atoms with Crippen LogP contribution in [0.2, 0.25) is 0 Å². The molecule has 0 spiro atoms. The highest BCUT2D eigenvalue weighted by Crippen LogP contribution is 2.35. The van der Waals surface area contributed by atoms with Crippen LogP contribution in [0, 0.1) is 31.4 Å². The lowest BCUT2D eigenvalue weighted by Crippen LogP contribution is -2.25. The van der Waals surface area contributed by atoms with Crippen molar-refractivity contribution in [1.82, 2.24) is 19.6 Å². The molecule has 34 heavy (non-hydrogen) atoms. The Balaban J connectivity index is 0.000000481. The SMILES string of the molecule is CC(C)C(F)F.Cc1cccc(N(CC(F)F)c2nc3nnc(C)n3c3ccc(F)c(F)c23)c1. The summed E-state index contributed by atoms with van der Waals surface area (Å²) in [7, 11) is 0. The average molecular weight is 483 g/mol. The highest BCUT2D eigenvalue weighted by Gasteiger charge is 2.25. The Morgan fingerprint density at radius 3 is 2.24 bits per heavy atom. The van der Waals surface area contributed by atoms with Crippen LogP contribution in [-0.4, -0.2) is 39.0 Å². The van der Waals surface area contributed by atoms with Crippen molar-refractivity contribution in [2.24, 2.45) is 5.92 Å². The number of aromatic nitrogens is 4. The number of rotatable bonds is 5. The maximum Gasteiger partial charge on any atom is 0.257 e. The number of aryl methyl sites for hydroxylation is 2. The van der Waals surface area contributed by atoms with Crippen molar-refractivity contribution in [2.45, 2.75) is 40.5 Å². The molecule has 0 unspecified atom stereocenters. The standard InChI is InChI=1S/C19H15F4N5.C4H8F2/c1-10-4-3-5-12(8-10)27(9-15(21)22)18-16-14(7-6-13(20)17(16)23)28-11(2)25-26-19(28)24-18;1-3(2)4(5)6/h3-8,15H,9H2,1-2H3;3-4H,1-2H3. The third-order valence-electron chi connectivity index (χ3n) is 4.94. The first-order chi connectivity index (χ1) is 16.0. The van der Waals surface area contributed by atoms with Crippen molar-refractivity contribution in [2.75, 3.05) is 11.4 Å². The molecule has 0 radical (unpaired) electrons. The summed E-state index contributed by atoms with van der Waals surface area (Å²) in [6.07, 6.45) is -4.88. The number of alkyl halides is 4. The summed E-state index contributed by atoms with van der Waals surface area (Å²) in [5.74, 6) is -2.36. The van der Waals surface area contributed by atoms with Crippen LogP contribution in [0.4, 0.5) is 37.8 Å². The Morgan fingerprint density at radius 1 is 0.971 bits per heavy atom. The quantitative estimate of drug-likeness (QED) is 0.305. The van der Waals surface area contributed by atoms with Crippen molar-refractivity contribution in [3.63, 3.8) is 0 Å². The molecule has 0 fully saturated rings. The van der Waals surface area contributed by atoms with Crippen LogP contribution in [0.15, 0.2) is 36.4 Å². The molecule has 0 saturated heterocycles. The van der Waals surface area contributed by atoms with Crippen LogP contribution >= 0.6 is 0 Å². The van der Waals surface area contributed by atoms with Gasteiger partial charge in [-0.2, -0.15) is 4.98 Å². The normalized spacial score (nSPS) is 11.6. The predicted octanol–water partition coefficient (Wildman–Crippen LogP) is 6.48. The van der Waals surface area contributed by atoms with Crippen molar-refractivity contribution < 1.29 is 26.3 Å². The lowest BCUT2D eigenvalue weighted by molar-refractivity contribution is 0.0955. The molecule has 0 bridgehead atoms. The Morgan fingerprint density at radius 2 is 1.65 bits per heavy atom. The molecule has 11 heteroatoms. The Kier molecular flexibility index (Phi) is 7.63. The van der Waals surface area contributed by atoms with Crippen LogP contribution in [0.5, 0.6) is 0 Å². The van der Waals surface area contributed by atoms with Crippen molar-refractivity contribution in [1.29, 1.82) is 0 Å². The van der Waals surface area contributed by atoms with Crippen molar-refractivity contribution in [3.8, 4) is 0 Å². The van der Waals surface area contributed by atoms with E-state index in [-0.39, 0.29) is 22.5 Å². The fourth-order valence-electron chi connectivity index (χ4n) is 3.24. The molecule has 5 nitrogen and oxygen atoms in total. The minimum atomic E-state index is -2.73. The molecule has 182 valence electrons. The van der Waals surface area contributed by atoms with E-state index in [2.05, 4.69) is 15.2 Å². The highest BCUT2D eigenvalue weighted by atomic mass is 19.3. The fourth-order valence-corrected chi connectivity index (χ4v) is 3.24. The van der Waals surface area contributed by atoms with Crippen molar-refractivity contribution in [3.05, 3.63) is 59.4 Å². The first-order valence-corrected chi connectivity index (χ1v) is 10.4. The topological polar surface area (TPSA) is 46.3 Å². The van der Waals surface area contributed by atoms with E-state index in [1.165, 1.54) is 29.2 Å². The molecular weight excluding hydrogens is 460 g/mol. The largest absolute Gasteiger partial charge is 0.320 e. The molecule has 0 aliphatic heterocycles. The molecular formula is C23H23F6N5. The Labute approximate surface area is 192 Å². The van der Waals surface area contributed by atoms with Gasteiger partial charge in [-0.1, -0.05) is 26.0 Å². The van der Waals surface area contributed by atoms with Gasteiger partial charge in [-0.3, -0.25) is 4.40 Å². The summed E-state index contributed by atoms with van der Waals surface area (Å²) in [6.45, 7) is 5.68. The number of hydrogen-bond donors (Lipinski definition) is 0. The number of hydrogen-bond acceptors (Lipinski definition) is 4. The lowest BCUT2D eigenvalue weighted by Gasteiger charge is -2.25. The Bertz CT molecular complexity index is 1280. The zero-order chi connectivity index (χ0) is 25.2. The monoisotopic (exact) mass is 483 g/mol. The van der Waals surface area contributed by atoms with Gasteiger partial charge in [0.25, 0.3) is 12.2 Å². The predicted molar refractivity (Wildman–Crippen MR) is 118 cm³/mol. The molecule has 0 atom stereocenters. The molecule has 2 aromatic heterocycles. The van der Waals surface area contributed by atoms with Crippen LogP contribution in [-0.2, 0) is 0 Å². The maximum absolute atomic E-state index is 14.8. The maximum atomic E-state index is 14.8. The lowest BCUT2D eigenvalue weighted by atomic mass is 10.1. The molecule has 4 aromatic rings. The number of nitrogens with zero attached hydrogens (tertiary/aromatic N) is 5. The van der Waals surface area contributed by atoms with Gasteiger partial charge in [0, 0.05) is 11.6 Å². The number of halogens is 6. The molecule has 2 aromatic carbocycles. The van der Waals surface area contributed by atoms with E-state index >= 15 is 0 Å². The van der Waals surface area contributed by atoms with E-state index < -0.39 is 36.9 Å². The number of anilines is 2. The molecule has 0 amide bonds. The molecule has 2 heterocycles. The summed E-state index contributed by atoms with van der Waals surface area (Å²) in [6, 6.07) is 9.12. The van der Waals surface area contributed by atoms with Gasteiger partial charge >= 0.3 is 0 Å². The van der Waals surface area contributed by atoms with Gasteiger partial charge in [0.15, 0.2) is 11.6 Å². The molecule has 0 saturated carbocycles. The molecule has 0 aliphatic rings. The zero-order valence-electron chi connectivity index (χ0n) is 18.9. The fraction of sp³-hybridized carbons (Fsp3) is 0.348. The minimum absolute atomic E-state index is 0.109. The van der Waals surface area contributed by atoms with E-state index in [1.807, 2.05) is 0 Å². The van der Waals surface area contributed by atoms with Crippen molar-refractivity contribution >= 4 is 28.2 Å². The highest BCUT2D eigenvalue weighted by molar-refractivity contribution is 5.94. The van der Waals surface area contributed by atoms with E-state index in [4.69, 9.17) is 0 Å². The number of fused-ring (bicyclic) bond motifs is 3. The Hall–Kier alpha value is -3.37. The van der Waals surface area contributed by atoms with E-state index in [0.29, 0.717) is 11.5 Å². The van der Waals surface area contributed by atoms with Crippen LogP contribution < -0.4 is 4.90 Å². The molecule has 4 rings (SSSR count). The molecule has 0 aliphatic carbocycles. The average Bonchev–Trinajstić information content (AvgIpc) is 3.15. The summed E-state index contributed by atoms with van der Waals surface area (Å²) < 4.78 is 79.4. The third-order valence-corrected chi connectivity index (χ3v) is 4.94. The van der Waals surface area contributed by atoms with E-state index in [1.54, 1.807) is 38.1 Å². The van der Waals surface area contributed by atoms with Gasteiger partial charge in [-0.25, -0.2) is 26.3 Å². The first kappa shape index (κ1) is 25.3. The third kappa shape index (κ3) is 5.23. The summed E-state index contributed by atoms with van der Waals surface area (Å²) >= 11 is 0. The second-order valence-electron chi connectivity index (χ2n) is 7.99. The van der Waals surface area contributed by atoms with E-state index in [9.17, 15) is 26.3 Å². The zero-order valence-corrected chi connectivity index (χ0v) is 18.9. The van der Waals surface area contributed by atoms with Crippen LogP contribution in [0.25, 0.3) is 16.7 Å². The first-order valence-electron chi connectivity index (χ1n) is 10.4. The second kappa shape index (κ2) is 10.3.